The lowest BCUT2D eigenvalue weighted by molar-refractivity contribution is 0.0935. The summed E-state index contributed by atoms with van der Waals surface area (Å²) >= 11 is 1.62. The molecule has 0 fully saturated rings. The van der Waals surface area contributed by atoms with Gasteiger partial charge in [0.2, 0.25) is 0 Å². The van der Waals surface area contributed by atoms with E-state index in [-0.39, 0.29) is 11.9 Å². The highest BCUT2D eigenvalue weighted by Crippen LogP contribution is 2.27. The predicted octanol–water partition coefficient (Wildman–Crippen LogP) is 4.43. The molecule has 0 saturated carbocycles. The number of aromatic amines is 1. The van der Waals surface area contributed by atoms with Gasteiger partial charge in [-0.2, -0.15) is 0 Å². The molecule has 0 aliphatic carbocycles. The van der Waals surface area contributed by atoms with Gasteiger partial charge in [0.25, 0.3) is 5.91 Å². The Balaban J connectivity index is 1.80. The van der Waals surface area contributed by atoms with Crippen LogP contribution in [-0.4, -0.2) is 17.5 Å². The maximum absolute atomic E-state index is 12.5. The first-order chi connectivity index (χ1) is 11.1. The van der Waals surface area contributed by atoms with Crippen molar-refractivity contribution in [2.45, 2.75) is 26.8 Å². The van der Waals surface area contributed by atoms with Crippen molar-refractivity contribution in [2.24, 2.45) is 0 Å². The summed E-state index contributed by atoms with van der Waals surface area (Å²) in [7, 11) is 0. The Hall–Kier alpha value is -2.27. The zero-order valence-corrected chi connectivity index (χ0v) is 14.3. The third-order valence-corrected chi connectivity index (χ3v) is 4.63. The van der Waals surface area contributed by atoms with E-state index in [4.69, 9.17) is 4.74 Å². The van der Waals surface area contributed by atoms with Crippen molar-refractivity contribution in [2.75, 3.05) is 6.61 Å². The molecule has 5 heteroatoms. The molecule has 0 bridgehead atoms. The molecular formula is C18H20N2O2S. The van der Waals surface area contributed by atoms with Gasteiger partial charge < -0.3 is 15.0 Å². The topological polar surface area (TPSA) is 54.1 Å². The van der Waals surface area contributed by atoms with Crippen LogP contribution in [0.25, 0.3) is 10.2 Å². The number of hydrogen-bond acceptors (Lipinski definition) is 3. The molecule has 2 heterocycles. The maximum Gasteiger partial charge on any atom is 0.268 e. The molecule has 3 rings (SSSR count). The van der Waals surface area contributed by atoms with Crippen molar-refractivity contribution in [3.8, 4) is 5.75 Å². The molecule has 0 saturated heterocycles. The molecule has 0 spiro atoms. The second-order valence-electron chi connectivity index (χ2n) is 5.55. The highest BCUT2D eigenvalue weighted by molar-refractivity contribution is 7.17. The first-order valence-electron chi connectivity index (χ1n) is 7.69. The lowest BCUT2D eigenvalue weighted by Crippen LogP contribution is -2.27. The number of fused-ring (bicyclic) bond motifs is 1. The van der Waals surface area contributed by atoms with Crippen molar-refractivity contribution >= 4 is 27.5 Å². The second kappa shape index (κ2) is 6.46. The summed E-state index contributed by atoms with van der Waals surface area (Å²) in [5.41, 5.74) is 3.72. The van der Waals surface area contributed by atoms with Crippen molar-refractivity contribution in [1.82, 2.24) is 10.3 Å². The third-order valence-electron chi connectivity index (χ3n) is 3.76. The van der Waals surface area contributed by atoms with Gasteiger partial charge in [-0.05, 0) is 44.4 Å². The molecule has 1 unspecified atom stereocenters. The van der Waals surface area contributed by atoms with E-state index in [1.54, 1.807) is 11.3 Å². The lowest BCUT2D eigenvalue weighted by atomic mass is 10.0. The summed E-state index contributed by atoms with van der Waals surface area (Å²) in [5.74, 6) is 0.711. The highest BCUT2D eigenvalue weighted by atomic mass is 32.1. The van der Waals surface area contributed by atoms with Gasteiger partial charge in [0.15, 0.2) is 0 Å². The van der Waals surface area contributed by atoms with E-state index < -0.39 is 0 Å². The number of aromatic nitrogens is 1. The van der Waals surface area contributed by atoms with E-state index in [1.165, 1.54) is 0 Å². The minimum atomic E-state index is -0.134. The van der Waals surface area contributed by atoms with E-state index in [1.807, 2.05) is 50.4 Å². The SMILES string of the molecule is CCOc1ccc(C)cc1C(C)NC(=O)c1cc2sccc2[nH]1. The van der Waals surface area contributed by atoms with Crippen molar-refractivity contribution in [1.29, 1.82) is 0 Å². The quantitative estimate of drug-likeness (QED) is 0.728. The van der Waals surface area contributed by atoms with Crippen molar-refractivity contribution in [3.05, 3.63) is 52.5 Å². The summed E-state index contributed by atoms with van der Waals surface area (Å²) in [6, 6.07) is 9.77. The van der Waals surface area contributed by atoms with Crippen LogP contribution >= 0.6 is 11.3 Å². The Labute approximate surface area is 139 Å². The van der Waals surface area contributed by atoms with E-state index in [0.717, 1.165) is 27.1 Å². The molecule has 1 atom stereocenters. The molecule has 0 aliphatic heterocycles. The first-order valence-corrected chi connectivity index (χ1v) is 8.57. The number of carbonyl (C=O) groups excluding carboxylic acids is 1. The molecule has 2 N–H and O–H groups in total. The molecule has 0 radical (unpaired) electrons. The third kappa shape index (κ3) is 3.24. The number of amides is 1. The van der Waals surface area contributed by atoms with Gasteiger partial charge in [-0.3, -0.25) is 4.79 Å². The van der Waals surface area contributed by atoms with Crippen LogP contribution in [-0.2, 0) is 0 Å². The predicted molar refractivity (Wildman–Crippen MR) is 94.4 cm³/mol. The van der Waals surface area contributed by atoms with E-state index in [0.29, 0.717) is 12.3 Å². The van der Waals surface area contributed by atoms with Crippen LogP contribution in [0.1, 0.15) is 41.5 Å². The van der Waals surface area contributed by atoms with Crippen molar-refractivity contribution in [3.63, 3.8) is 0 Å². The van der Waals surface area contributed by atoms with Crippen LogP contribution in [0.2, 0.25) is 0 Å². The number of ether oxygens (including phenoxy) is 1. The van der Waals surface area contributed by atoms with Gasteiger partial charge in [0.05, 0.1) is 22.9 Å². The van der Waals surface area contributed by atoms with Gasteiger partial charge in [-0.1, -0.05) is 17.7 Å². The highest BCUT2D eigenvalue weighted by Gasteiger charge is 2.17. The maximum atomic E-state index is 12.5. The minimum absolute atomic E-state index is 0.107. The largest absolute Gasteiger partial charge is 0.494 e. The summed E-state index contributed by atoms with van der Waals surface area (Å²) in [6.45, 7) is 6.56. The molecule has 3 aromatic rings. The molecule has 1 amide bonds. The van der Waals surface area contributed by atoms with Gasteiger partial charge in [0, 0.05) is 5.56 Å². The summed E-state index contributed by atoms with van der Waals surface area (Å²) < 4.78 is 6.77. The number of nitrogens with one attached hydrogen (secondary N) is 2. The Kier molecular flexibility index (Phi) is 4.39. The fraction of sp³-hybridized carbons (Fsp3) is 0.278. The second-order valence-corrected chi connectivity index (χ2v) is 6.50. The van der Waals surface area contributed by atoms with Crippen LogP contribution < -0.4 is 10.1 Å². The number of thiophene rings is 1. The molecule has 120 valence electrons. The molecule has 1 aromatic carbocycles. The Bertz CT molecular complexity index is 806. The summed E-state index contributed by atoms with van der Waals surface area (Å²) in [4.78, 5) is 15.6. The van der Waals surface area contributed by atoms with Gasteiger partial charge >= 0.3 is 0 Å². The van der Waals surface area contributed by atoms with Crippen LogP contribution in [0.15, 0.2) is 35.7 Å². The minimum Gasteiger partial charge on any atom is -0.494 e. The van der Waals surface area contributed by atoms with Crippen molar-refractivity contribution < 1.29 is 9.53 Å². The summed E-state index contributed by atoms with van der Waals surface area (Å²) in [5, 5.41) is 5.05. The van der Waals surface area contributed by atoms with E-state index >= 15 is 0 Å². The molecule has 23 heavy (non-hydrogen) atoms. The fourth-order valence-corrected chi connectivity index (χ4v) is 3.40. The zero-order chi connectivity index (χ0) is 16.4. The Morgan fingerprint density at radius 2 is 2.17 bits per heavy atom. The zero-order valence-electron chi connectivity index (χ0n) is 13.5. The molecular weight excluding hydrogens is 308 g/mol. The number of carbonyl (C=O) groups is 1. The van der Waals surface area contributed by atoms with Crippen LogP contribution in [0.3, 0.4) is 0 Å². The van der Waals surface area contributed by atoms with Gasteiger partial charge in [0.1, 0.15) is 11.4 Å². The molecule has 4 nitrogen and oxygen atoms in total. The average Bonchev–Trinajstić information content (AvgIpc) is 3.10. The molecule has 0 aliphatic rings. The fourth-order valence-electron chi connectivity index (χ4n) is 2.62. The van der Waals surface area contributed by atoms with E-state index in [2.05, 4.69) is 16.4 Å². The first kappa shape index (κ1) is 15.6. The van der Waals surface area contributed by atoms with Crippen LogP contribution in [0.4, 0.5) is 0 Å². The van der Waals surface area contributed by atoms with Gasteiger partial charge in [-0.15, -0.1) is 11.3 Å². The van der Waals surface area contributed by atoms with Gasteiger partial charge in [-0.25, -0.2) is 0 Å². The number of rotatable bonds is 5. The Morgan fingerprint density at radius 1 is 1.35 bits per heavy atom. The smallest absolute Gasteiger partial charge is 0.268 e. The normalized spacial score (nSPS) is 12.3. The monoisotopic (exact) mass is 328 g/mol. The number of H-pyrrole nitrogens is 1. The lowest BCUT2D eigenvalue weighted by Gasteiger charge is -2.18. The summed E-state index contributed by atoms with van der Waals surface area (Å²) in [6.07, 6.45) is 0. The standard InChI is InChI=1S/C18H20N2O2S/c1-4-22-16-6-5-11(2)9-13(16)12(3)19-18(21)15-10-17-14(20-15)7-8-23-17/h5-10,12,20H,4H2,1-3H3,(H,19,21). The Morgan fingerprint density at radius 3 is 2.91 bits per heavy atom. The number of aryl methyl sites for hydroxylation is 1. The number of hydrogen-bond donors (Lipinski definition) is 2. The van der Waals surface area contributed by atoms with E-state index in [9.17, 15) is 4.79 Å². The van der Waals surface area contributed by atoms with Crippen LogP contribution in [0.5, 0.6) is 5.75 Å². The average molecular weight is 328 g/mol. The number of benzene rings is 1. The van der Waals surface area contributed by atoms with Crippen LogP contribution in [0, 0.1) is 6.92 Å². The molecule has 2 aromatic heterocycles.